The maximum Gasteiger partial charge on any atom is 0.0529 e. The fraction of sp³-hybridized carbons (Fsp3) is 1.00. The summed E-state index contributed by atoms with van der Waals surface area (Å²) >= 11 is 0. The molecule has 0 aliphatic carbocycles. The molecule has 0 aromatic rings. The molecule has 3 nitrogen and oxygen atoms in total. The summed E-state index contributed by atoms with van der Waals surface area (Å²) in [4.78, 5) is 0. The lowest BCUT2D eigenvalue weighted by Crippen LogP contribution is -2.53. The Balaban J connectivity index is 1.88. The van der Waals surface area contributed by atoms with Crippen molar-refractivity contribution < 1.29 is 9.47 Å². The van der Waals surface area contributed by atoms with Crippen molar-refractivity contribution in [3.05, 3.63) is 0 Å². The van der Waals surface area contributed by atoms with Crippen LogP contribution >= 0.6 is 0 Å². The lowest BCUT2D eigenvalue weighted by atomic mass is 9.57. The van der Waals surface area contributed by atoms with E-state index in [4.69, 9.17) is 9.47 Å². The van der Waals surface area contributed by atoms with Gasteiger partial charge in [0.1, 0.15) is 0 Å². The van der Waals surface area contributed by atoms with Crippen LogP contribution in [0.5, 0.6) is 0 Å². The zero-order valence-electron chi connectivity index (χ0n) is 9.39. The molecule has 15 heavy (non-hydrogen) atoms. The van der Waals surface area contributed by atoms with Gasteiger partial charge in [0.15, 0.2) is 0 Å². The summed E-state index contributed by atoms with van der Waals surface area (Å²) in [5, 5.41) is 3.56. The van der Waals surface area contributed by atoms with Gasteiger partial charge in [-0.3, -0.25) is 0 Å². The number of rotatable bonds is 0. The van der Waals surface area contributed by atoms with Gasteiger partial charge in [0.25, 0.3) is 0 Å². The van der Waals surface area contributed by atoms with Crippen LogP contribution in [-0.2, 0) is 9.47 Å². The minimum absolute atomic E-state index is 0.424. The van der Waals surface area contributed by atoms with E-state index >= 15 is 0 Å². The normalized spacial score (nSPS) is 40.0. The summed E-state index contributed by atoms with van der Waals surface area (Å²) in [5.41, 5.74) is 0.946. The molecule has 1 N–H and O–H groups in total. The van der Waals surface area contributed by atoms with E-state index in [-0.39, 0.29) is 0 Å². The molecule has 3 fully saturated rings. The Morgan fingerprint density at radius 3 is 2.27 bits per heavy atom. The molecule has 3 aliphatic rings. The predicted octanol–water partition coefficient (Wildman–Crippen LogP) is 1.18. The van der Waals surface area contributed by atoms with Crippen LogP contribution in [0.25, 0.3) is 0 Å². The Labute approximate surface area is 91.5 Å². The van der Waals surface area contributed by atoms with Crippen LogP contribution < -0.4 is 5.32 Å². The Morgan fingerprint density at radius 1 is 0.800 bits per heavy atom. The summed E-state index contributed by atoms with van der Waals surface area (Å²) in [7, 11) is 0. The number of hydrogen-bond acceptors (Lipinski definition) is 3. The monoisotopic (exact) mass is 211 g/mol. The zero-order valence-corrected chi connectivity index (χ0v) is 9.39. The molecule has 3 heteroatoms. The number of ether oxygens (including phenoxy) is 2. The van der Waals surface area contributed by atoms with Gasteiger partial charge in [-0.25, -0.2) is 0 Å². The molecular formula is C12H21NO2. The van der Waals surface area contributed by atoms with Crippen molar-refractivity contribution in [1.29, 1.82) is 0 Å². The van der Waals surface area contributed by atoms with E-state index in [0.29, 0.717) is 10.8 Å². The summed E-state index contributed by atoms with van der Waals surface area (Å²) in [6.45, 7) is 6.21. The maximum atomic E-state index is 5.77. The summed E-state index contributed by atoms with van der Waals surface area (Å²) < 4.78 is 11.3. The standard InChI is InChI=1S/C12H21NO2/c1-5-13-9-11(1)2-8-15-10-12(11)3-6-14-7-4-12/h13H,1-10H2. The first-order valence-electron chi connectivity index (χ1n) is 6.23. The summed E-state index contributed by atoms with van der Waals surface area (Å²) in [6, 6.07) is 0. The first-order valence-corrected chi connectivity index (χ1v) is 6.23. The molecule has 0 aromatic carbocycles. The molecule has 0 amide bonds. The molecule has 1 unspecified atom stereocenters. The highest BCUT2D eigenvalue weighted by Crippen LogP contribution is 2.54. The molecule has 2 spiro atoms. The highest BCUT2D eigenvalue weighted by Gasteiger charge is 2.54. The second kappa shape index (κ2) is 3.72. The van der Waals surface area contributed by atoms with Crippen molar-refractivity contribution in [1.82, 2.24) is 5.32 Å². The van der Waals surface area contributed by atoms with E-state index in [1.165, 1.54) is 38.8 Å². The fourth-order valence-corrected chi connectivity index (χ4v) is 3.80. The van der Waals surface area contributed by atoms with E-state index in [2.05, 4.69) is 5.32 Å². The molecule has 3 aliphatic heterocycles. The molecule has 0 bridgehead atoms. The average Bonchev–Trinajstić information content (AvgIpc) is 2.75. The highest BCUT2D eigenvalue weighted by molar-refractivity contribution is 5.05. The van der Waals surface area contributed by atoms with E-state index in [0.717, 1.165) is 26.4 Å². The van der Waals surface area contributed by atoms with E-state index in [9.17, 15) is 0 Å². The second-order valence-corrected chi connectivity index (χ2v) is 5.40. The van der Waals surface area contributed by atoms with Crippen LogP contribution in [-0.4, -0.2) is 39.5 Å². The van der Waals surface area contributed by atoms with Crippen molar-refractivity contribution in [3.8, 4) is 0 Å². The molecule has 3 saturated heterocycles. The van der Waals surface area contributed by atoms with Crippen LogP contribution in [0.4, 0.5) is 0 Å². The quantitative estimate of drug-likeness (QED) is 0.653. The Kier molecular flexibility index (Phi) is 2.49. The van der Waals surface area contributed by atoms with Gasteiger partial charge in [-0.2, -0.15) is 0 Å². The van der Waals surface area contributed by atoms with Crippen molar-refractivity contribution in [2.45, 2.75) is 25.7 Å². The van der Waals surface area contributed by atoms with Crippen LogP contribution in [0.3, 0.4) is 0 Å². The minimum Gasteiger partial charge on any atom is -0.381 e. The SMILES string of the molecule is C1CC2(CCOCC23CCOCC3)CN1. The van der Waals surface area contributed by atoms with Crippen LogP contribution in [0.2, 0.25) is 0 Å². The Hall–Kier alpha value is -0.120. The highest BCUT2D eigenvalue weighted by atomic mass is 16.5. The van der Waals surface area contributed by atoms with Gasteiger partial charge in [0.05, 0.1) is 6.61 Å². The molecule has 3 heterocycles. The first kappa shape index (κ1) is 10.1. The smallest absolute Gasteiger partial charge is 0.0529 e. The molecule has 0 radical (unpaired) electrons. The maximum absolute atomic E-state index is 5.77. The largest absolute Gasteiger partial charge is 0.381 e. The number of fused-ring (bicyclic) bond motifs is 1. The summed E-state index contributed by atoms with van der Waals surface area (Å²) in [6.07, 6.45) is 5.00. The van der Waals surface area contributed by atoms with Gasteiger partial charge < -0.3 is 14.8 Å². The third kappa shape index (κ3) is 1.44. The van der Waals surface area contributed by atoms with Gasteiger partial charge in [0.2, 0.25) is 0 Å². The van der Waals surface area contributed by atoms with Crippen LogP contribution in [0.1, 0.15) is 25.7 Å². The average molecular weight is 211 g/mol. The van der Waals surface area contributed by atoms with Crippen LogP contribution in [0.15, 0.2) is 0 Å². The molecule has 86 valence electrons. The summed E-state index contributed by atoms with van der Waals surface area (Å²) in [5.74, 6) is 0. The van der Waals surface area contributed by atoms with Crippen molar-refractivity contribution in [3.63, 3.8) is 0 Å². The van der Waals surface area contributed by atoms with Crippen molar-refractivity contribution in [2.75, 3.05) is 39.5 Å². The van der Waals surface area contributed by atoms with Gasteiger partial charge in [-0.05, 0) is 37.6 Å². The van der Waals surface area contributed by atoms with Gasteiger partial charge in [0, 0.05) is 31.8 Å². The number of hydrogen-bond donors (Lipinski definition) is 1. The Morgan fingerprint density at radius 2 is 1.53 bits per heavy atom. The Bertz CT molecular complexity index is 222. The molecular weight excluding hydrogens is 190 g/mol. The molecule has 3 rings (SSSR count). The van der Waals surface area contributed by atoms with E-state index < -0.39 is 0 Å². The fourth-order valence-electron chi connectivity index (χ4n) is 3.80. The lowest BCUT2D eigenvalue weighted by Gasteiger charge is -2.53. The molecule has 0 aromatic heterocycles. The molecule has 0 saturated carbocycles. The van der Waals surface area contributed by atoms with E-state index in [1.54, 1.807) is 0 Å². The zero-order chi connectivity index (χ0) is 10.2. The number of nitrogens with one attached hydrogen (secondary N) is 1. The lowest BCUT2D eigenvalue weighted by molar-refractivity contribution is -0.149. The van der Waals surface area contributed by atoms with Crippen LogP contribution in [0, 0.1) is 10.8 Å². The van der Waals surface area contributed by atoms with Gasteiger partial charge in [-0.1, -0.05) is 0 Å². The predicted molar refractivity (Wildman–Crippen MR) is 57.8 cm³/mol. The van der Waals surface area contributed by atoms with Gasteiger partial charge >= 0.3 is 0 Å². The first-order chi connectivity index (χ1) is 7.37. The minimum atomic E-state index is 0.424. The van der Waals surface area contributed by atoms with Gasteiger partial charge in [-0.15, -0.1) is 0 Å². The van der Waals surface area contributed by atoms with Crippen molar-refractivity contribution in [2.24, 2.45) is 10.8 Å². The molecule has 1 atom stereocenters. The second-order valence-electron chi connectivity index (χ2n) is 5.40. The third-order valence-corrected chi connectivity index (χ3v) is 4.92. The topological polar surface area (TPSA) is 30.5 Å². The van der Waals surface area contributed by atoms with Crippen molar-refractivity contribution >= 4 is 0 Å². The van der Waals surface area contributed by atoms with E-state index in [1.807, 2.05) is 0 Å². The third-order valence-electron chi connectivity index (χ3n) is 4.92.